The molecule has 5 atom stereocenters. The second-order valence-corrected chi connectivity index (χ2v) is 7.64. The van der Waals surface area contributed by atoms with Gasteiger partial charge in [0.15, 0.2) is 0 Å². The molecule has 3 aliphatic rings. The van der Waals surface area contributed by atoms with Gasteiger partial charge in [0.1, 0.15) is 18.2 Å². The summed E-state index contributed by atoms with van der Waals surface area (Å²) in [5, 5.41) is 2.62. The Morgan fingerprint density at radius 2 is 1.70 bits per heavy atom. The number of fused-ring (bicyclic) bond motifs is 5. The van der Waals surface area contributed by atoms with Gasteiger partial charge in [0.2, 0.25) is 17.7 Å². The van der Waals surface area contributed by atoms with Crippen molar-refractivity contribution < 1.29 is 23.2 Å². The Balaban J connectivity index is 1.37. The van der Waals surface area contributed by atoms with Gasteiger partial charge in [-0.25, -0.2) is 8.78 Å². The molecule has 5 nitrogen and oxygen atoms in total. The third-order valence-corrected chi connectivity index (χ3v) is 5.84. The fourth-order valence-corrected chi connectivity index (χ4v) is 4.67. The standard InChI is InChI=1S/C20H20F2N2O3/c1-10(7-13-14(21)3-2-4-15(13)22)23-16(25)9-24-19(26)17-11-5-6-12(8-11)18(17)20(24)27/h2-6,10-12,17-18H,7-9H2,1H3,(H,23,25). The van der Waals surface area contributed by atoms with E-state index in [2.05, 4.69) is 5.32 Å². The van der Waals surface area contributed by atoms with E-state index in [0.29, 0.717) is 0 Å². The summed E-state index contributed by atoms with van der Waals surface area (Å²) in [5.41, 5.74) is -0.101. The molecule has 142 valence electrons. The number of amides is 3. The summed E-state index contributed by atoms with van der Waals surface area (Å²) in [6.07, 6.45) is 4.79. The lowest BCUT2D eigenvalue weighted by Crippen LogP contribution is -2.44. The van der Waals surface area contributed by atoms with E-state index >= 15 is 0 Å². The van der Waals surface area contributed by atoms with E-state index in [4.69, 9.17) is 0 Å². The lowest BCUT2D eigenvalue weighted by atomic mass is 9.85. The maximum Gasteiger partial charge on any atom is 0.240 e. The van der Waals surface area contributed by atoms with E-state index in [1.54, 1.807) is 6.92 Å². The van der Waals surface area contributed by atoms with Crippen LogP contribution < -0.4 is 5.32 Å². The van der Waals surface area contributed by atoms with Crippen LogP contribution in [0.4, 0.5) is 8.78 Å². The van der Waals surface area contributed by atoms with Crippen molar-refractivity contribution in [3.05, 3.63) is 47.5 Å². The smallest absolute Gasteiger partial charge is 0.240 e. The van der Waals surface area contributed by atoms with E-state index < -0.39 is 23.6 Å². The Hall–Kier alpha value is -2.57. The third-order valence-electron chi connectivity index (χ3n) is 5.84. The number of hydrogen-bond donors (Lipinski definition) is 1. The molecule has 27 heavy (non-hydrogen) atoms. The molecule has 1 saturated heterocycles. The van der Waals surface area contributed by atoms with Crippen molar-refractivity contribution in [2.24, 2.45) is 23.7 Å². The molecule has 1 N–H and O–H groups in total. The van der Waals surface area contributed by atoms with Gasteiger partial charge in [-0.3, -0.25) is 19.3 Å². The first-order valence-electron chi connectivity index (χ1n) is 9.12. The van der Waals surface area contributed by atoms with E-state index in [0.717, 1.165) is 23.5 Å². The highest BCUT2D eigenvalue weighted by Gasteiger charge is 2.59. The second-order valence-electron chi connectivity index (χ2n) is 7.64. The van der Waals surface area contributed by atoms with Crippen molar-refractivity contribution in [3.63, 3.8) is 0 Å². The van der Waals surface area contributed by atoms with Crippen LogP contribution in [-0.4, -0.2) is 35.2 Å². The van der Waals surface area contributed by atoms with Gasteiger partial charge in [-0.1, -0.05) is 18.2 Å². The molecule has 1 heterocycles. The number of likely N-dealkylation sites (tertiary alicyclic amines) is 1. The summed E-state index contributed by atoms with van der Waals surface area (Å²) in [4.78, 5) is 38.5. The van der Waals surface area contributed by atoms with E-state index in [9.17, 15) is 23.2 Å². The van der Waals surface area contributed by atoms with Crippen molar-refractivity contribution in [1.82, 2.24) is 10.2 Å². The van der Waals surface area contributed by atoms with Gasteiger partial charge in [0.25, 0.3) is 0 Å². The van der Waals surface area contributed by atoms with Crippen LogP contribution in [0, 0.1) is 35.3 Å². The highest BCUT2D eigenvalue weighted by Crippen LogP contribution is 2.52. The summed E-state index contributed by atoms with van der Waals surface area (Å²) in [5.74, 6) is -2.93. The molecule has 1 aliphatic heterocycles. The Bertz CT molecular complexity index is 803. The van der Waals surface area contributed by atoms with E-state index in [1.807, 2.05) is 12.2 Å². The highest BCUT2D eigenvalue weighted by atomic mass is 19.1. The molecule has 7 heteroatoms. The monoisotopic (exact) mass is 374 g/mol. The molecule has 4 rings (SSSR count). The van der Waals surface area contributed by atoms with Crippen LogP contribution in [0.3, 0.4) is 0 Å². The van der Waals surface area contributed by atoms with Gasteiger partial charge < -0.3 is 5.32 Å². The molecule has 1 saturated carbocycles. The number of imide groups is 1. The summed E-state index contributed by atoms with van der Waals surface area (Å²) in [6, 6.07) is 3.06. The SMILES string of the molecule is CC(Cc1c(F)cccc1F)NC(=O)CN1C(=O)C2C3C=CC(C3)C2C1=O. The minimum Gasteiger partial charge on any atom is -0.352 e. The average molecular weight is 374 g/mol. The molecule has 2 fully saturated rings. The van der Waals surface area contributed by atoms with Gasteiger partial charge in [-0.05, 0) is 43.7 Å². The second kappa shape index (κ2) is 6.55. The molecule has 1 aromatic carbocycles. The van der Waals surface area contributed by atoms with Gasteiger partial charge in [-0.2, -0.15) is 0 Å². The number of halogens is 2. The van der Waals surface area contributed by atoms with Crippen LogP contribution in [0.1, 0.15) is 18.9 Å². The maximum atomic E-state index is 13.7. The van der Waals surface area contributed by atoms with E-state index in [-0.39, 0.29) is 54.0 Å². The molecule has 1 aromatic rings. The Labute approximate surface area is 155 Å². The molecular weight excluding hydrogens is 354 g/mol. The molecule has 2 aliphatic carbocycles. The average Bonchev–Trinajstić information content (AvgIpc) is 3.28. The van der Waals surface area contributed by atoms with Crippen molar-refractivity contribution in [2.75, 3.05) is 6.54 Å². The number of nitrogens with zero attached hydrogens (tertiary/aromatic N) is 1. The van der Waals surface area contributed by atoms with Crippen LogP contribution in [-0.2, 0) is 20.8 Å². The highest BCUT2D eigenvalue weighted by molar-refractivity contribution is 6.08. The molecule has 3 amide bonds. The first-order chi connectivity index (χ1) is 12.9. The molecule has 0 spiro atoms. The number of benzene rings is 1. The molecule has 2 bridgehead atoms. The summed E-state index contributed by atoms with van der Waals surface area (Å²) < 4.78 is 27.5. The van der Waals surface area contributed by atoms with Crippen LogP contribution in [0.5, 0.6) is 0 Å². The normalized spacial score (nSPS) is 29.4. The first-order valence-corrected chi connectivity index (χ1v) is 9.12. The number of carbonyl (C=O) groups excluding carboxylic acids is 3. The fraction of sp³-hybridized carbons (Fsp3) is 0.450. The summed E-state index contributed by atoms with van der Waals surface area (Å²) in [7, 11) is 0. The molecule has 5 unspecified atom stereocenters. The Morgan fingerprint density at radius 3 is 2.26 bits per heavy atom. The van der Waals surface area contributed by atoms with E-state index in [1.165, 1.54) is 6.07 Å². The van der Waals surface area contributed by atoms with Crippen molar-refractivity contribution in [2.45, 2.75) is 25.8 Å². The van der Waals surface area contributed by atoms with Gasteiger partial charge in [0, 0.05) is 11.6 Å². The zero-order valence-corrected chi connectivity index (χ0v) is 14.8. The number of carbonyl (C=O) groups is 3. The number of rotatable bonds is 5. The zero-order valence-electron chi connectivity index (χ0n) is 14.8. The summed E-state index contributed by atoms with van der Waals surface area (Å²) >= 11 is 0. The van der Waals surface area contributed by atoms with Crippen LogP contribution in [0.15, 0.2) is 30.4 Å². The van der Waals surface area contributed by atoms with Crippen molar-refractivity contribution in [3.8, 4) is 0 Å². The molecule has 0 aromatic heterocycles. The van der Waals surface area contributed by atoms with Crippen LogP contribution in [0.2, 0.25) is 0 Å². The fourth-order valence-electron chi connectivity index (χ4n) is 4.67. The Morgan fingerprint density at radius 1 is 1.15 bits per heavy atom. The van der Waals surface area contributed by atoms with Gasteiger partial charge in [-0.15, -0.1) is 0 Å². The largest absolute Gasteiger partial charge is 0.352 e. The van der Waals surface area contributed by atoms with Gasteiger partial charge >= 0.3 is 0 Å². The lowest BCUT2D eigenvalue weighted by molar-refractivity contribution is -0.144. The summed E-state index contributed by atoms with van der Waals surface area (Å²) in [6.45, 7) is 1.27. The molecule has 0 radical (unpaired) electrons. The predicted octanol–water partition coefficient (Wildman–Crippen LogP) is 1.82. The maximum absolute atomic E-state index is 13.7. The third kappa shape index (κ3) is 2.95. The Kier molecular flexibility index (Phi) is 4.32. The topological polar surface area (TPSA) is 66.5 Å². The number of hydrogen-bond acceptors (Lipinski definition) is 3. The zero-order chi connectivity index (χ0) is 19.3. The molecular formula is C20H20F2N2O3. The van der Waals surface area contributed by atoms with Crippen LogP contribution >= 0.6 is 0 Å². The lowest BCUT2D eigenvalue weighted by Gasteiger charge is -2.19. The van der Waals surface area contributed by atoms with Crippen molar-refractivity contribution >= 4 is 17.7 Å². The van der Waals surface area contributed by atoms with Crippen LogP contribution in [0.25, 0.3) is 0 Å². The first kappa shape index (κ1) is 17.8. The number of nitrogens with one attached hydrogen (secondary N) is 1. The number of allylic oxidation sites excluding steroid dienone is 2. The minimum atomic E-state index is -0.670. The van der Waals surface area contributed by atoms with Gasteiger partial charge in [0.05, 0.1) is 11.8 Å². The predicted molar refractivity (Wildman–Crippen MR) is 92.1 cm³/mol. The quantitative estimate of drug-likeness (QED) is 0.632. The minimum absolute atomic E-state index is 0.0224. The van der Waals surface area contributed by atoms with Crippen molar-refractivity contribution in [1.29, 1.82) is 0 Å².